The summed E-state index contributed by atoms with van der Waals surface area (Å²) in [6, 6.07) is 5.65. The Morgan fingerprint density at radius 2 is 2.00 bits per heavy atom. The van der Waals surface area contributed by atoms with Gasteiger partial charge in [0.15, 0.2) is 0 Å². The highest BCUT2D eigenvalue weighted by Crippen LogP contribution is 2.60. The SMILES string of the molecule is COCCOP(=O)(O)Cc1cnc2c(ccn2C(=O)c2cc(C34CCCC(NC(C)(C)C)(C3)C4)cn2C)c1. The maximum Gasteiger partial charge on any atom is 0.332 e. The summed E-state index contributed by atoms with van der Waals surface area (Å²) in [5.74, 6) is -0.143. The molecule has 0 saturated heterocycles. The predicted molar refractivity (Wildman–Crippen MR) is 147 cm³/mol. The van der Waals surface area contributed by atoms with Gasteiger partial charge in [0.25, 0.3) is 5.91 Å². The topological polar surface area (TPSA) is 108 Å². The van der Waals surface area contributed by atoms with Gasteiger partial charge in [-0.1, -0.05) is 6.42 Å². The van der Waals surface area contributed by atoms with Gasteiger partial charge in [-0.05, 0) is 75.8 Å². The lowest BCUT2D eigenvalue weighted by Crippen LogP contribution is -2.68. The lowest BCUT2D eigenvalue weighted by atomic mass is 9.47. The van der Waals surface area contributed by atoms with Crippen molar-refractivity contribution in [2.45, 2.75) is 75.5 Å². The van der Waals surface area contributed by atoms with Crippen molar-refractivity contribution < 1.29 is 23.5 Å². The molecule has 2 N–H and O–H groups in total. The van der Waals surface area contributed by atoms with Crippen molar-refractivity contribution in [2.75, 3.05) is 20.3 Å². The lowest BCUT2D eigenvalue weighted by Gasteiger charge is -2.63. The molecule has 1 atom stereocenters. The highest BCUT2D eigenvalue weighted by molar-refractivity contribution is 7.51. The number of fused-ring (bicyclic) bond motifs is 3. The van der Waals surface area contributed by atoms with Gasteiger partial charge in [-0.25, -0.2) is 4.98 Å². The first kappa shape index (κ1) is 27.3. The van der Waals surface area contributed by atoms with Crippen LogP contribution in [-0.2, 0) is 32.5 Å². The molecule has 3 heterocycles. The summed E-state index contributed by atoms with van der Waals surface area (Å²) in [6.45, 7) is 6.97. The van der Waals surface area contributed by atoms with Gasteiger partial charge in [-0.15, -0.1) is 0 Å². The fourth-order valence-corrected chi connectivity index (χ4v) is 7.79. The van der Waals surface area contributed by atoms with E-state index in [1.165, 1.54) is 31.7 Å². The molecule has 3 saturated carbocycles. The normalized spacial score (nSPS) is 24.8. The van der Waals surface area contributed by atoms with Crippen molar-refractivity contribution in [3.05, 3.63) is 53.6 Å². The van der Waals surface area contributed by atoms with Gasteiger partial charge in [0.05, 0.1) is 19.4 Å². The summed E-state index contributed by atoms with van der Waals surface area (Å²) in [7, 11) is -0.390. The molecule has 3 fully saturated rings. The van der Waals surface area contributed by atoms with Crippen molar-refractivity contribution in [1.82, 2.24) is 19.4 Å². The van der Waals surface area contributed by atoms with Gasteiger partial charge in [0.1, 0.15) is 11.3 Å². The number of hydrogen-bond donors (Lipinski definition) is 2. The third-order valence-corrected chi connectivity index (χ3v) is 9.26. The molecule has 0 spiro atoms. The summed E-state index contributed by atoms with van der Waals surface area (Å²) < 4.78 is 25.8. The molecule has 0 aromatic carbocycles. The number of nitrogens with one attached hydrogen (secondary N) is 1. The van der Waals surface area contributed by atoms with Crippen LogP contribution in [0.15, 0.2) is 36.8 Å². The van der Waals surface area contributed by atoms with E-state index >= 15 is 0 Å². The van der Waals surface area contributed by atoms with Gasteiger partial charge >= 0.3 is 7.60 Å². The maximum absolute atomic E-state index is 13.6. The molecule has 9 nitrogen and oxygen atoms in total. The standard InChI is InChI=1S/C28H39N4O5P/c1-26(2,3)30-28-9-6-8-27(18-28,19-28)22-14-23(31(4)16-22)25(33)32-10-7-21-13-20(15-29-24(21)32)17-38(34,35)37-12-11-36-5/h7,10,13-16,30H,6,8-9,11-12,17-19H2,1-5H3,(H,34,35). The zero-order valence-corrected chi connectivity index (χ0v) is 23.9. The van der Waals surface area contributed by atoms with Gasteiger partial charge in [-0.3, -0.25) is 13.9 Å². The van der Waals surface area contributed by atoms with Crippen LogP contribution in [0.25, 0.3) is 11.0 Å². The fourth-order valence-electron chi connectivity index (χ4n) is 6.71. The van der Waals surface area contributed by atoms with E-state index in [0.29, 0.717) is 16.9 Å². The number of nitrogens with zero attached hydrogens (tertiary/aromatic N) is 3. The summed E-state index contributed by atoms with van der Waals surface area (Å²) in [5.41, 5.74) is 3.35. The number of aryl methyl sites for hydroxylation is 1. The van der Waals surface area contributed by atoms with Crippen LogP contribution in [0.2, 0.25) is 0 Å². The second-order valence-corrected chi connectivity index (χ2v) is 14.1. The Bertz CT molecular complexity index is 1400. The Morgan fingerprint density at radius 3 is 2.71 bits per heavy atom. The molecule has 0 aliphatic heterocycles. The Labute approximate surface area is 224 Å². The first-order chi connectivity index (χ1) is 17.8. The number of ether oxygens (including phenoxy) is 1. The third kappa shape index (κ3) is 5.27. The first-order valence-corrected chi connectivity index (χ1v) is 15.0. The third-order valence-electron chi connectivity index (χ3n) is 7.91. The molecule has 1 unspecified atom stereocenters. The monoisotopic (exact) mass is 542 g/mol. The number of aromatic nitrogens is 3. The molecule has 3 aliphatic rings. The van der Waals surface area contributed by atoms with Crippen LogP contribution in [0.1, 0.15) is 74.5 Å². The number of pyridine rings is 1. The molecule has 6 rings (SSSR count). The summed E-state index contributed by atoms with van der Waals surface area (Å²) >= 11 is 0. The molecular formula is C28H39N4O5P. The first-order valence-electron chi connectivity index (χ1n) is 13.3. The zero-order chi connectivity index (χ0) is 27.3. The van der Waals surface area contributed by atoms with Crippen molar-refractivity contribution >= 4 is 24.5 Å². The lowest BCUT2D eigenvalue weighted by molar-refractivity contribution is -0.00882. The fraction of sp³-hybridized carbons (Fsp3) is 0.571. The van der Waals surface area contributed by atoms with Crippen LogP contribution in [0.3, 0.4) is 0 Å². The average Bonchev–Trinajstić information content (AvgIpc) is 3.40. The predicted octanol–water partition coefficient (Wildman–Crippen LogP) is 4.75. The molecular weight excluding hydrogens is 503 g/mol. The molecule has 10 heteroatoms. The van der Waals surface area contributed by atoms with E-state index in [0.717, 1.165) is 24.6 Å². The summed E-state index contributed by atoms with van der Waals surface area (Å²) in [5, 5.41) is 4.61. The van der Waals surface area contributed by atoms with E-state index in [4.69, 9.17) is 9.26 Å². The van der Waals surface area contributed by atoms with Crippen molar-refractivity contribution in [3.8, 4) is 0 Å². The van der Waals surface area contributed by atoms with Gasteiger partial charge < -0.3 is 24.0 Å². The highest BCUT2D eigenvalue weighted by atomic mass is 31.2. The molecule has 206 valence electrons. The van der Waals surface area contributed by atoms with E-state index in [1.807, 2.05) is 11.6 Å². The molecule has 3 aromatic heterocycles. The Morgan fingerprint density at radius 1 is 1.24 bits per heavy atom. The number of carbonyl (C=O) groups is 1. The zero-order valence-electron chi connectivity index (χ0n) is 23.0. The number of rotatable bonds is 9. The van der Waals surface area contributed by atoms with Crippen molar-refractivity contribution in [2.24, 2.45) is 7.05 Å². The molecule has 3 aromatic rings. The smallest absolute Gasteiger partial charge is 0.332 e. The van der Waals surface area contributed by atoms with Crippen molar-refractivity contribution in [3.63, 3.8) is 0 Å². The van der Waals surface area contributed by atoms with Crippen LogP contribution >= 0.6 is 7.60 Å². The van der Waals surface area contributed by atoms with E-state index < -0.39 is 7.60 Å². The average molecular weight is 543 g/mol. The Balaban J connectivity index is 1.34. The van der Waals surface area contributed by atoms with E-state index in [2.05, 4.69) is 43.3 Å². The Kier molecular flexibility index (Phi) is 6.98. The van der Waals surface area contributed by atoms with E-state index in [1.54, 1.807) is 22.9 Å². The van der Waals surface area contributed by atoms with E-state index in [9.17, 15) is 14.3 Å². The Hall–Kier alpha value is -2.29. The minimum Gasteiger partial charge on any atom is -0.382 e. The van der Waals surface area contributed by atoms with Crippen LogP contribution in [0, 0.1) is 0 Å². The second-order valence-electron chi connectivity index (χ2n) is 12.2. The van der Waals surface area contributed by atoms with Gasteiger partial charge in [0, 0.05) is 54.6 Å². The van der Waals surface area contributed by atoms with Crippen LogP contribution < -0.4 is 5.32 Å². The highest BCUT2D eigenvalue weighted by Gasteiger charge is 2.58. The largest absolute Gasteiger partial charge is 0.382 e. The minimum atomic E-state index is -3.82. The molecule has 38 heavy (non-hydrogen) atoms. The van der Waals surface area contributed by atoms with Gasteiger partial charge in [0.2, 0.25) is 0 Å². The van der Waals surface area contributed by atoms with E-state index in [-0.39, 0.29) is 41.8 Å². The number of carbonyl (C=O) groups excluding carboxylic acids is 1. The van der Waals surface area contributed by atoms with Crippen LogP contribution in [0.5, 0.6) is 0 Å². The summed E-state index contributed by atoms with van der Waals surface area (Å²) in [4.78, 5) is 28.2. The van der Waals surface area contributed by atoms with Crippen molar-refractivity contribution in [1.29, 1.82) is 0 Å². The van der Waals surface area contributed by atoms with Crippen LogP contribution in [0.4, 0.5) is 0 Å². The molecule has 0 radical (unpaired) electrons. The summed E-state index contributed by atoms with van der Waals surface area (Å²) in [6.07, 6.45) is 11.0. The second kappa shape index (κ2) is 9.72. The maximum atomic E-state index is 13.6. The number of hydrogen-bond acceptors (Lipinski definition) is 6. The minimum absolute atomic E-state index is 0.0405. The van der Waals surface area contributed by atoms with Crippen LogP contribution in [-0.4, -0.2) is 56.3 Å². The molecule has 3 aliphatic carbocycles. The number of methoxy groups -OCH3 is 1. The quantitative estimate of drug-likeness (QED) is 0.297. The molecule has 0 amide bonds. The molecule has 2 bridgehead atoms. The van der Waals surface area contributed by atoms with Gasteiger partial charge in [-0.2, -0.15) is 0 Å².